The number of aromatic nitrogens is 1. The fourth-order valence-corrected chi connectivity index (χ4v) is 1.60. The van der Waals surface area contributed by atoms with Crippen molar-refractivity contribution in [2.24, 2.45) is 0 Å². The summed E-state index contributed by atoms with van der Waals surface area (Å²) in [5.74, 6) is -2.87. The highest BCUT2D eigenvalue weighted by Gasteiger charge is 2.15. The Hall–Kier alpha value is -2.04. The summed E-state index contributed by atoms with van der Waals surface area (Å²) in [7, 11) is 0. The SMILES string of the molecule is CC(Nc1c(F)cc(F)cc1F)c1ccccn1. The molecule has 5 heteroatoms. The first-order chi connectivity index (χ1) is 8.58. The second-order valence-electron chi connectivity index (χ2n) is 3.87. The third kappa shape index (κ3) is 2.61. The minimum absolute atomic E-state index is 0.352. The zero-order valence-electron chi connectivity index (χ0n) is 9.62. The van der Waals surface area contributed by atoms with Gasteiger partial charge >= 0.3 is 0 Å². The molecule has 1 aromatic carbocycles. The van der Waals surface area contributed by atoms with Gasteiger partial charge in [0.2, 0.25) is 0 Å². The van der Waals surface area contributed by atoms with Crippen molar-refractivity contribution in [1.29, 1.82) is 0 Å². The predicted molar refractivity (Wildman–Crippen MR) is 62.6 cm³/mol. The third-order valence-corrected chi connectivity index (χ3v) is 2.50. The summed E-state index contributed by atoms with van der Waals surface area (Å²) in [5, 5.41) is 2.64. The molecule has 0 saturated carbocycles. The number of halogens is 3. The molecule has 0 fully saturated rings. The molecule has 2 aromatic rings. The zero-order valence-corrected chi connectivity index (χ0v) is 9.62. The van der Waals surface area contributed by atoms with E-state index in [1.807, 2.05) is 0 Å². The van der Waals surface area contributed by atoms with Crippen LogP contribution in [0.25, 0.3) is 0 Å². The maximum Gasteiger partial charge on any atom is 0.152 e. The van der Waals surface area contributed by atoms with Gasteiger partial charge in [-0.25, -0.2) is 13.2 Å². The summed E-state index contributed by atoms with van der Waals surface area (Å²) in [6.07, 6.45) is 1.59. The summed E-state index contributed by atoms with van der Waals surface area (Å²) in [6.45, 7) is 1.71. The Kier molecular flexibility index (Phi) is 3.50. The van der Waals surface area contributed by atoms with Crippen LogP contribution >= 0.6 is 0 Å². The Morgan fingerprint density at radius 2 is 1.78 bits per heavy atom. The van der Waals surface area contributed by atoms with Gasteiger partial charge in [-0.15, -0.1) is 0 Å². The Morgan fingerprint density at radius 3 is 2.33 bits per heavy atom. The molecule has 2 nitrogen and oxygen atoms in total. The van der Waals surface area contributed by atoms with E-state index in [2.05, 4.69) is 10.3 Å². The van der Waals surface area contributed by atoms with Gasteiger partial charge in [-0.3, -0.25) is 4.98 Å². The Balaban J connectivity index is 2.25. The maximum absolute atomic E-state index is 13.4. The first kappa shape index (κ1) is 12.4. The van der Waals surface area contributed by atoms with E-state index in [0.29, 0.717) is 17.8 Å². The number of pyridine rings is 1. The summed E-state index contributed by atoms with van der Waals surface area (Å²) in [5.41, 5.74) is 0.287. The quantitative estimate of drug-likeness (QED) is 0.901. The highest BCUT2D eigenvalue weighted by atomic mass is 19.1. The normalized spacial score (nSPS) is 12.2. The minimum atomic E-state index is -0.963. The molecule has 1 atom stereocenters. The van der Waals surface area contributed by atoms with Crippen LogP contribution in [0.4, 0.5) is 18.9 Å². The molecule has 0 aliphatic heterocycles. The van der Waals surface area contributed by atoms with E-state index >= 15 is 0 Å². The van der Waals surface area contributed by atoms with Crippen molar-refractivity contribution < 1.29 is 13.2 Å². The average Bonchev–Trinajstić information content (AvgIpc) is 2.34. The van der Waals surface area contributed by atoms with Gasteiger partial charge < -0.3 is 5.32 Å². The molecule has 1 N–H and O–H groups in total. The van der Waals surface area contributed by atoms with Crippen LogP contribution in [0.1, 0.15) is 18.7 Å². The van der Waals surface area contributed by atoms with Crippen molar-refractivity contribution in [3.63, 3.8) is 0 Å². The van der Waals surface area contributed by atoms with Gasteiger partial charge in [0.25, 0.3) is 0 Å². The number of nitrogens with one attached hydrogen (secondary N) is 1. The topological polar surface area (TPSA) is 24.9 Å². The number of rotatable bonds is 3. The highest BCUT2D eigenvalue weighted by molar-refractivity contribution is 5.47. The molecule has 0 amide bonds. The van der Waals surface area contributed by atoms with Gasteiger partial charge in [0.1, 0.15) is 11.5 Å². The molecule has 0 bridgehead atoms. The molecular formula is C13H11F3N2. The van der Waals surface area contributed by atoms with Gasteiger partial charge in [0, 0.05) is 18.3 Å². The van der Waals surface area contributed by atoms with E-state index in [4.69, 9.17) is 0 Å². The van der Waals surface area contributed by atoms with Crippen LogP contribution in [0.3, 0.4) is 0 Å². The number of benzene rings is 1. The van der Waals surface area contributed by atoms with E-state index in [1.54, 1.807) is 31.3 Å². The van der Waals surface area contributed by atoms with Crippen LogP contribution in [0.5, 0.6) is 0 Å². The van der Waals surface area contributed by atoms with Crippen LogP contribution in [-0.4, -0.2) is 4.98 Å². The highest BCUT2D eigenvalue weighted by Crippen LogP contribution is 2.24. The van der Waals surface area contributed by atoms with Crippen LogP contribution in [0.15, 0.2) is 36.5 Å². The molecule has 0 spiro atoms. The van der Waals surface area contributed by atoms with E-state index in [9.17, 15) is 13.2 Å². The predicted octanol–water partition coefficient (Wildman–Crippen LogP) is 3.67. The van der Waals surface area contributed by atoms with Gasteiger partial charge in [0.15, 0.2) is 11.6 Å². The summed E-state index contributed by atoms with van der Waals surface area (Å²) >= 11 is 0. The fraction of sp³-hybridized carbons (Fsp3) is 0.154. The first-order valence-electron chi connectivity index (χ1n) is 5.40. The third-order valence-electron chi connectivity index (χ3n) is 2.50. The molecule has 1 aromatic heterocycles. The second kappa shape index (κ2) is 5.08. The van der Waals surface area contributed by atoms with Gasteiger partial charge in [0.05, 0.1) is 11.7 Å². The summed E-state index contributed by atoms with van der Waals surface area (Å²) < 4.78 is 39.6. The summed E-state index contributed by atoms with van der Waals surface area (Å²) in [4.78, 5) is 4.07. The fourth-order valence-electron chi connectivity index (χ4n) is 1.60. The molecule has 0 saturated heterocycles. The van der Waals surface area contributed by atoms with Crippen molar-refractivity contribution in [3.05, 3.63) is 59.7 Å². The number of nitrogens with zero attached hydrogens (tertiary/aromatic N) is 1. The van der Waals surface area contributed by atoms with E-state index in [0.717, 1.165) is 0 Å². The summed E-state index contributed by atoms with van der Waals surface area (Å²) in [6, 6.07) is 6.14. The van der Waals surface area contributed by atoms with Crippen LogP contribution in [-0.2, 0) is 0 Å². The van der Waals surface area contributed by atoms with Crippen LogP contribution in [0, 0.1) is 17.5 Å². The Bertz CT molecular complexity index is 520. The Morgan fingerprint density at radius 1 is 1.11 bits per heavy atom. The largest absolute Gasteiger partial charge is 0.372 e. The lowest BCUT2D eigenvalue weighted by Crippen LogP contribution is -2.11. The minimum Gasteiger partial charge on any atom is -0.372 e. The standard InChI is InChI=1S/C13H11F3N2/c1-8(12-4-2-3-5-17-12)18-13-10(15)6-9(14)7-11(13)16/h2-8,18H,1H3. The smallest absolute Gasteiger partial charge is 0.152 e. The average molecular weight is 252 g/mol. The lowest BCUT2D eigenvalue weighted by molar-refractivity contribution is 0.545. The molecule has 94 valence electrons. The van der Waals surface area contributed by atoms with Gasteiger partial charge in [-0.05, 0) is 19.1 Å². The van der Waals surface area contributed by atoms with Crippen molar-refractivity contribution in [3.8, 4) is 0 Å². The van der Waals surface area contributed by atoms with Crippen molar-refractivity contribution in [1.82, 2.24) is 4.98 Å². The maximum atomic E-state index is 13.4. The van der Waals surface area contributed by atoms with Gasteiger partial charge in [-0.1, -0.05) is 6.07 Å². The second-order valence-corrected chi connectivity index (χ2v) is 3.87. The van der Waals surface area contributed by atoms with Crippen LogP contribution in [0.2, 0.25) is 0 Å². The van der Waals surface area contributed by atoms with Crippen molar-refractivity contribution in [2.75, 3.05) is 5.32 Å². The van der Waals surface area contributed by atoms with Crippen LogP contribution < -0.4 is 5.32 Å². The lowest BCUT2D eigenvalue weighted by atomic mass is 10.2. The number of hydrogen-bond donors (Lipinski definition) is 1. The van der Waals surface area contributed by atoms with Crippen molar-refractivity contribution >= 4 is 5.69 Å². The first-order valence-corrected chi connectivity index (χ1v) is 5.40. The van der Waals surface area contributed by atoms with Crippen molar-refractivity contribution in [2.45, 2.75) is 13.0 Å². The zero-order chi connectivity index (χ0) is 13.1. The molecule has 18 heavy (non-hydrogen) atoms. The van der Waals surface area contributed by atoms with E-state index < -0.39 is 17.5 Å². The lowest BCUT2D eigenvalue weighted by Gasteiger charge is -2.15. The molecule has 2 rings (SSSR count). The Labute approximate surface area is 102 Å². The number of hydrogen-bond acceptors (Lipinski definition) is 2. The molecule has 0 aliphatic carbocycles. The van der Waals surface area contributed by atoms with E-state index in [1.165, 1.54) is 0 Å². The van der Waals surface area contributed by atoms with E-state index in [-0.39, 0.29) is 11.7 Å². The molecule has 0 aliphatic rings. The monoisotopic (exact) mass is 252 g/mol. The van der Waals surface area contributed by atoms with Gasteiger partial charge in [-0.2, -0.15) is 0 Å². The molecule has 1 unspecified atom stereocenters. The molecule has 0 radical (unpaired) electrons. The molecular weight excluding hydrogens is 241 g/mol. The number of anilines is 1. The molecule has 1 heterocycles.